The number of hydrogen-bond acceptors (Lipinski definition) is 4. The normalized spacial score (nSPS) is 19.8. The van der Waals surface area contributed by atoms with Gasteiger partial charge in [-0.25, -0.2) is 17.5 Å². The van der Waals surface area contributed by atoms with E-state index in [1.165, 1.54) is 13.0 Å². The molecule has 0 spiro atoms. The molecule has 7 heteroatoms. The molecule has 0 aromatic heterocycles. The summed E-state index contributed by atoms with van der Waals surface area (Å²) < 4.78 is 40.4. The van der Waals surface area contributed by atoms with Crippen molar-refractivity contribution in [3.63, 3.8) is 0 Å². The number of halogens is 1. The van der Waals surface area contributed by atoms with E-state index in [4.69, 9.17) is 5.73 Å². The zero-order valence-electron chi connectivity index (χ0n) is 10.6. The van der Waals surface area contributed by atoms with Crippen molar-refractivity contribution in [2.45, 2.75) is 29.9 Å². The van der Waals surface area contributed by atoms with Gasteiger partial charge in [0, 0.05) is 23.0 Å². The molecule has 3 N–H and O–H groups in total. The van der Waals surface area contributed by atoms with Crippen molar-refractivity contribution >= 4 is 27.5 Å². The molecule has 1 aliphatic rings. The average molecular weight is 304 g/mol. The number of rotatable bonds is 4. The van der Waals surface area contributed by atoms with E-state index in [1.54, 1.807) is 11.8 Å². The summed E-state index contributed by atoms with van der Waals surface area (Å²) in [6.07, 6.45) is 2.13. The third-order valence-electron chi connectivity index (χ3n) is 3.13. The maximum absolute atomic E-state index is 13.5. The first-order valence-electron chi connectivity index (χ1n) is 6.07. The van der Waals surface area contributed by atoms with E-state index in [-0.39, 0.29) is 16.1 Å². The van der Waals surface area contributed by atoms with Crippen LogP contribution in [-0.4, -0.2) is 26.0 Å². The minimum atomic E-state index is -3.71. The maximum Gasteiger partial charge on any atom is 0.241 e. The van der Waals surface area contributed by atoms with E-state index in [0.29, 0.717) is 11.8 Å². The van der Waals surface area contributed by atoms with Crippen LogP contribution in [0.1, 0.15) is 18.4 Å². The fourth-order valence-corrected chi connectivity index (χ4v) is 4.71. The second-order valence-electron chi connectivity index (χ2n) is 4.61. The Balaban J connectivity index is 2.19. The van der Waals surface area contributed by atoms with Crippen molar-refractivity contribution in [3.8, 4) is 0 Å². The van der Waals surface area contributed by atoms with Crippen molar-refractivity contribution in [3.05, 3.63) is 23.5 Å². The van der Waals surface area contributed by atoms with Crippen LogP contribution in [0.3, 0.4) is 0 Å². The summed E-state index contributed by atoms with van der Waals surface area (Å²) in [5.74, 6) is 0.467. The Labute approximate surface area is 117 Å². The summed E-state index contributed by atoms with van der Waals surface area (Å²) in [4.78, 5) is -0.0759. The SMILES string of the molecule is Cc1c(F)cc(N)cc1S(=O)(=O)NCC1CCCS1. The fraction of sp³-hybridized carbons (Fsp3) is 0.500. The van der Waals surface area contributed by atoms with Crippen LogP contribution in [0.4, 0.5) is 10.1 Å². The lowest BCUT2D eigenvalue weighted by Gasteiger charge is -2.13. The molecule has 106 valence electrons. The Morgan fingerprint density at radius 2 is 2.26 bits per heavy atom. The lowest BCUT2D eigenvalue weighted by atomic mass is 10.2. The molecule has 0 amide bonds. The van der Waals surface area contributed by atoms with Crippen molar-refractivity contribution in [2.75, 3.05) is 18.0 Å². The number of thioether (sulfide) groups is 1. The molecule has 4 nitrogen and oxygen atoms in total. The summed E-state index contributed by atoms with van der Waals surface area (Å²) >= 11 is 1.76. The predicted octanol–water partition coefficient (Wildman–Crippen LogP) is 1.89. The van der Waals surface area contributed by atoms with Gasteiger partial charge >= 0.3 is 0 Å². The third kappa shape index (κ3) is 3.40. The Kier molecular flexibility index (Phi) is 4.37. The monoisotopic (exact) mass is 304 g/mol. The second kappa shape index (κ2) is 5.68. The van der Waals surface area contributed by atoms with Gasteiger partial charge in [0.2, 0.25) is 10.0 Å². The molecule has 1 fully saturated rings. The van der Waals surface area contributed by atoms with Crippen LogP contribution in [0.25, 0.3) is 0 Å². The van der Waals surface area contributed by atoms with Gasteiger partial charge in [0.05, 0.1) is 4.90 Å². The van der Waals surface area contributed by atoms with Gasteiger partial charge in [0.25, 0.3) is 0 Å². The first kappa shape index (κ1) is 14.6. The third-order valence-corrected chi connectivity index (χ3v) is 6.08. The molecule has 0 bridgehead atoms. The standard InChI is InChI=1S/C12H17FN2O2S2/c1-8-11(13)5-9(14)6-12(8)19(16,17)15-7-10-3-2-4-18-10/h5-6,10,15H,2-4,7,14H2,1H3. The van der Waals surface area contributed by atoms with E-state index < -0.39 is 15.8 Å². The first-order valence-corrected chi connectivity index (χ1v) is 8.60. The Morgan fingerprint density at radius 3 is 2.89 bits per heavy atom. The Morgan fingerprint density at radius 1 is 1.53 bits per heavy atom. The molecule has 19 heavy (non-hydrogen) atoms. The van der Waals surface area contributed by atoms with Gasteiger partial charge in [-0.1, -0.05) is 0 Å². The maximum atomic E-state index is 13.5. The number of sulfonamides is 1. The largest absolute Gasteiger partial charge is 0.399 e. The van der Waals surface area contributed by atoms with Crippen LogP contribution in [0.2, 0.25) is 0 Å². The van der Waals surface area contributed by atoms with Crippen molar-refractivity contribution in [1.82, 2.24) is 4.72 Å². The van der Waals surface area contributed by atoms with Gasteiger partial charge < -0.3 is 5.73 Å². The van der Waals surface area contributed by atoms with Crippen LogP contribution in [-0.2, 0) is 10.0 Å². The quantitative estimate of drug-likeness (QED) is 0.833. The number of nitrogen functional groups attached to an aromatic ring is 1. The van der Waals surface area contributed by atoms with E-state index in [9.17, 15) is 12.8 Å². The van der Waals surface area contributed by atoms with Crippen molar-refractivity contribution < 1.29 is 12.8 Å². The molecule has 1 aromatic carbocycles. The highest BCUT2D eigenvalue weighted by molar-refractivity contribution is 8.00. The highest BCUT2D eigenvalue weighted by atomic mass is 32.2. The summed E-state index contributed by atoms with van der Waals surface area (Å²) in [7, 11) is -3.71. The van der Waals surface area contributed by atoms with Gasteiger partial charge in [-0.15, -0.1) is 0 Å². The first-order chi connectivity index (χ1) is 8.90. The number of nitrogens with two attached hydrogens (primary N) is 1. The number of hydrogen-bond donors (Lipinski definition) is 2. The molecule has 1 saturated heterocycles. The second-order valence-corrected chi connectivity index (χ2v) is 7.76. The van der Waals surface area contributed by atoms with Crippen LogP contribution in [0, 0.1) is 12.7 Å². The minimum absolute atomic E-state index is 0.0759. The van der Waals surface area contributed by atoms with Gasteiger partial charge in [-0.05, 0) is 37.7 Å². The van der Waals surface area contributed by atoms with Crippen LogP contribution >= 0.6 is 11.8 Å². The molecular weight excluding hydrogens is 287 g/mol. The number of nitrogens with one attached hydrogen (secondary N) is 1. The molecule has 1 atom stereocenters. The summed E-state index contributed by atoms with van der Waals surface area (Å²) in [5.41, 5.74) is 5.71. The lowest BCUT2D eigenvalue weighted by Crippen LogP contribution is -2.30. The number of benzene rings is 1. The van der Waals surface area contributed by atoms with E-state index >= 15 is 0 Å². The van der Waals surface area contributed by atoms with E-state index in [1.807, 2.05) is 0 Å². The van der Waals surface area contributed by atoms with Gasteiger partial charge in [-0.3, -0.25) is 0 Å². The molecule has 2 rings (SSSR count). The molecule has 1 unspecified atom stereocenters. The predicted molar refractivity (Wildman–Crippen MR) is 76.2 cm³/mol. The van der Waals surface area contributed by atoms with E-state index in [0.717, 1.165) is 24.7 Å². The van der Waals surface area contributed by atoms with Crippen LogP contribution in [0.15, 0.2) is 17.0 Å². The highest BCUT2D eigenvalue weighted by Crippen LogP contribution is 2.26. The highest BCUT2D eigenvalue weighted by Gasteiger charge is 2.23. The van der Waals surface area contributed by atoms with Crippen molar-refractivity contribution in [1.29, 1.82) is 0 Å². The fourth-order valence-electron chi connectivity index (χ4n) is 2.04. The topological polar surface area (TPSA) is 72.2 Å². The zero-order valence-corrected chi connectivity index (χ0v) is 12.3. The zero-order chi connectivity index (χ0) is 14.0. The smallest absolute Gasteiger partial charge is 0.241 e. The molecule has 1 heterocycles. The van der Waals surface area contributed by atoms with Crippen LogP contribution in [0.5, 0.6) is 0 Å². The van der Waals surface area contributed by atoms with Gasteiger partial charge in [-0.2, -0.15) is 11.8 Å². The summed E-state index contributed by atoms with van der Waals surface area (Å²) in [6, 6.07) is 2.42. The summed E-state index contributed by atoms with van der Waals surface area (Å²) in [6.45, 7) is 1.82. The molecular formula is C12H17FN2O2S2. The molecule has 0 aliphatic carbocycles. The molecule has 0 saturated carbocycles. The minimum Gasteiger partial charge on any atom is -0.399 e. The Hall–Kier alpha value is -0.790. The number of anilines is 1. The lowest BCUT2D eigenvalue weighted by molar-refractivity contribution is 0.573. The van der Waals surface area contributed by atoms with Crippen LogP contribution < -0.4 is 10.5 Å². The average Bonchev–Trinajstić information content (AvgIpc) is 2.84. The molecule has 1 aromatic rings. The van der Waals surface area contributed by atoms with Gasteiger partial charge in [0.15, 0.2) is 0 Å². The Bertz CT molecular complexity index is 569. The van der Waals surface area contributed by atoms with Crippen molar-refractivity contribution in [2.24, 2.45) is 0 Å². The van der Waals surface area contributed by atoms with Gasteiger partial charge in [0.1, 0.15) is 5.82 Å². The molecule has 0 radical (unpaired) electrons. The molecule has 1 aliphatic heterocycles. The summed E-state index contributed by atoms with van der Waals surface area (Å²) in [5, 5.41) is 0.306. The van der Waals surface area contributed by atoms with E-state index in [2.05, 4.69) is 4.72 Å².